The number of hydrogen-bond donors (Lipinski definition) is 1. The summed E-state index contributed by atoms with van der Waals surface area (Å²) in [6.45, 7) is 11.3. The van der Waals surface area contributed by atoms with Crippen LogP contribution in [0.4, 0.5) is 0 Å². The summed E-state index contributed by atoms with van der Waals surface area (Å²) in [6.07, 6.45) is 8.08. The van der Waals surface area contributed by atoms with Crippen molar-refractivity contribution in [3.05, 3.63) is 12.7 Å². The minimum atomic E-state index is 0. The van der Waals surface area contributed by atoms with Crippen LogP contribution in [0.5, 0.6) is 0 Å². The number of hydrogen-bond acceptors (Lipinski definition) is 2. The lowest BCUT2D eigenvalue weighted by molar-refractivity contribution is 0.214. The molecule has 4 nitrogen and oxygen atoms in total. The number of likely N-dealkylation sites (tertiary alicyclic amines) is 1. The number of nitrogens with one attached hydrogen (secondary N) is 1. The van der Waals surface area contributed by atoms with E-state index < -0.39 is 0 Å². The molecule has 1 fully saturated rings. The molecule has 0 unspecified atom stereocenters. The first-order valence-electron chi connectivity index (χ1n) is 8.46. The summed E-state index contributed by atoms with van der Waals surface area (Å²) in [5, 5.41) is 3.40. The summed E-state index contributed by atoms with van der Waals surface area (Å²) in [5.74, 6) is 1.91. The lowest BCUT2D eigenvalue weighted by Crippen LogP contribution is -2.39. The highest BCUT2D eigenvalue weighted by molar-refractivity contribution is 14.0. The Kier molecular flexibility index (Phi) is 13.0. The van der Waals surface area contributed by atoms with Gasteiger partial charge in [-0.1, -0.05) is 6.08 Å². The molecule has 1 rings (SSSR count). The van der Waals surface area contributed by atoms with Gasteiger partial charge in [0.15, 0.2) is 5.96 Å². The predicted molar refractivity (Wildman–Crippen MR) is 108 cm³/mol. The Labute approximate surface area is 154 Å². The molecule has 5 heteroatoms. The van der Waals surface area contributed by atoms with Crippen LogP contribution in [-0.4, -0.2) is 62.6 Å². The van der Waals surface area contributed by atoms with Gasteiger partial charge in [0.05, 0.1) is 0 Å². The second kappa shape index (κ2) is 13.2. The average molecular weight is 422 g/mol. The van der Waals surface area contributed by atoms with Gasteiger partial charge in [0.25, 0.3) is 0 Å². The third-order valence-electron chi connectivity index (χ3n) is 4.24. The number of guanidine groups is 1. The van der Waals surface area contributed by atoms with Crippen LogP contribution in [0.3, 0.4) is 0 Å². The number of nitrogens with zero attached hydrogens (tertiary/aromatic N) is 3. The van der Waals surface area contributed by atoms with E-state index in [-0.39, 0.29) is 24.0 Å². The van der Waals surface area contributed by atoms with Crippen molar-refractivity contribution in [3.63, 3.8) is 0 Å². The van der Waals surface area contributed by atoms with E-state index in [1.165, 1.54) is 32.4 Å². The fourth-order valence-corrected chi connectivity index (χ4v) is 2.75. The first kappa shape index (κ1) is 21.7. The maximum Gasteiger partial charge on any atom is 0.193 e. The molecular formula is C17H35IN4. The van der Waals surface area contributed by atoms with Crippen LogP contribution in [0.15, 0.2) is 17.6 Å². The molecule has 0 amide bonds. The highest BCUT2D eigenvalue weighted by atomic mass is 127. The Hall–Kier alpha value is -0.300. The molecular weight excluding hydrogens is 387 g/mol. The quantitative estimate of drug-likeness (QED) is 0.214. The van der Waals surface area contributed by atoms with Gasteiger partial charge in [-0.3, -0.25) is 4.99 Å². The van der Waals surface area contributed by atoms with Gasteiger partial charge in [-0.2, -0.15) is 0 Å². The maximum absolute atomic E-state index is 4.80. The highest BCUT2D eigenvalue weighted by Crippen LogP contribution is 2.19. The van der Waals surface area contributed by atoms with Gasteiger partial charge < -0.3 is 15.1 Å². The van der Waals surface area contributed by atoms with Crippen LogP contribution >= 0.6 is 24.0 Å². The number of allylic oxidation sites excluding steroid dienone is 1. The van der Waals surface area contributed by atoms with Gasteiger partial charge in [0, 0.05) is 26.7 Å². The molecule has 0 bridgehead atoms. The molecule has 1 heterocycles. The number of halogens is 1. The summed E-state index contributed by atoms with van der Waals surface area (Å²) < 4.78 is 0. The first-order valence-corrected chi connectivity index (χ1v) is 8.46. The third-order valence-corrected chi connectivity index (χ3v) is 4.24. The van der Waals surface area contributed by atoms with Gasteiger partial charge in [-0.25, -0.2) is 0 Å². The number of rotatable bonds is 8. The molecule has 130 valence electrons. The molecule has 0 aromatic carbocycles. The van der Waals surface area contributed by atoms with E-state index in [0.29, 0.717) is 0 Å². The minimum Gasteiger partial charge on any atom is -0.357 e. The Morgan fingerprint density at radius 1 is 1.41 bits per heavy atom. The maximum atomic E-state index is 4.80. The Morgan fingerprint density at radius 3 is 2.68 bits per heavy atom. The molecule has 1 N–H and O–H groups in total. The molecule has 0 atom stereocenters. The van der Waals surface area contributed by atoms with Crippen molar-refractivity contribution < 1.29 is 0 Å². The van der Waals surface area contributed by atoms with Crippen LogP contribution in [0.1, 0.15) is 39.0 Å². The van der Waals surface area contributed by atoms with Gasteiger partial charge in [-0.05, 0) is 65.1 Å². The standard InChI is InChI=1S/C17H34N4.HI/c1-5-7-8-13-21(4)17(18-6-2)19-12-9-16-10-14-20(3)15-11-16;/h5,16H,1,6-15H2,2-4H3,(H,18,19);1H. The molecule has 22 heavy (non-hydrogen) atoms. The fourth-order valence-electron chi connectivity index (χ4n) is 2.75. The zero-order valence-corrected chi connectivity index (χ0v) is 17.0. The van der Waals surface area contributed by atoms with E-state index in [1.807, 2.05) is 6.08 Å². The van der Waals surface area contributed by atoms with E-state index in [4.69, 9.17) is 4.99 Å². The second-order valence-electron chi connectivity index (χ2n) is 6.12. The fraction of sp³-hybridized carbons (Fsp3) is 0.824. The predicted octanol–water partition coefficient (Wildman–Crippen LogP) is 3.20. The van der Waals surface area contributed by atoms with Crippen LogP contribution in [0, 0.1) is 5.92 Å². The van der Waals surface area contributed by atoms with E-state index in [0.717, 1.165) is 44.4 Å². The Morgan fingerprint density at radius 2 is 2.09 bits per heavy atom. The zero-order chi connectivity index (χ0) is 15.5. The summed E-state index contributed by atoms with van der Waals surface area (Å²) in [6, 6.07) is 0. The first-order chi connectivity index (χ1) is 10.2. The van der Waals surface area contributed by atoms with Crippen molar-refractivity contribution in [2.45, 2.75) is 39.0 Å². The molecule has 0 spiro atoms. The van der Waals surface area contributed by atoms with Crippen molar-refractivity contribution in [1.29, 1.82) is 0 Å². The Bertz CT molecular complexity index is 312. The van der Waals surface area contributed by atoms with Crippen molar-refractivity contribution >= 4 is 29.9 Å². The smallest absolute Gasteiger partial charge is 0.193 e. The molecule has 0 aliphatic carbocycles. The van der Waals surface area contributed by atoms with Gasteiger partial charge >= 0.3 is 0 Å². The van der Waals surface area contributed by atoms with Crippen molar-refractivity contribution in [1.82, 2.24) is 15.1 Å². The minimum absolute atomic E-state index is 0. The van der Waals surface area contributed by atoms with E-state index in [1.54, 1.807) is 0 Å². The Balaban J connectivity index is 0.00000441. The number of piperidine rings is 1. The normalized spacial score (nSPS) is 17.0. The summed E-state index contributed by atoms with van der Waals surface area (Å²) in [7, 11) is 4.34. The summed E-state index contributed by atoms with van der Waals surface area (Å²) >= 11 is 0. The molecule has 0 saturated carbocycles. The largest absolute Gasteiger partial charge is 0.357 e. The molecule has 0 aromatic heterocycles. The number of aliphatic imine (C=N–C) groups is 1. The molecule has 0 radical (unpaired) electrons. The second-order valence-corrected chi connectivity index (χ2v) is 6.12. The molecule has 0 aromatic rings. The topological polar surface area (TPSA) is 30.9 Å². The van der Waals surface area contributed by atoms with Crippen molar-refractivity contribution in [2.24, 2.45) is 10.9 Å². The monoisotopic (exact) mass is 422 g/mol. The van der Waals surface area contributed by atoms with Crippen LogP contribution in [0.2, 0.25) is 0 Å². The highest BCUT2D eigenvalue weighted by Gasteiger charge is 2.16. The third kappa shape index (κ3) is 8.98. The van der Waals surface area contributed by atoms with Crippen molar-refractivity contribution in [3.8, 4) is 0 Å². The molecule has 1 saturated heterocycles. The van der Waals surface area contributed by atoms with Crippen LogP contribution in [0.25, 0.3) is 0 Å². The van der Waals surface area contributed by atoms with Crippen LogP contribution in [-0.2, 0) is 0 Å². The van der Waals surface area contributed by atoms with E-state index >= 15 is 0 Å². The lowest BCUT2D eigenvalue weighted by Gasteiger charge is -2.28. The number of unbranched alkanes of at least 4 members (excludes halogenated alkanes) is 1. The van der Waals surface area contributed by atoms with Gasteiger partial charge in [-0.15, -0.1) is 30.6 Å². The zero-order valence-electron chi connectivity index (χ0n) is 14.7. The van der Waals surface area contributed by atoms with Crippen molar-refractivity contribution in [2.75, 3.05) is 46.8 Å². The molecule has 1 aliphatic rings. The molecule has 1 aliphatic heterocycles. The van der Waals surface area contributed by atoms with E-state index in [9.17, 15) is 0 Å². The van der Waals surface area contributed by atoms with E-state index in [2.05, 4.69) is 42.7 Å². The van der Waals surface area contributed by atoms with Gasteiger partial charge in [0.1, 0.15) is 0 Å². The SMILES string of the molecule is C=CCCCN(C)C(=NCCC1CCN(C)CC1)NCC.I. The summed E-state index contributed by atoms with van der Waals surface area (Å²) in [5.41, 5.74) is 0. The summed E-state index contributed by atoms with van der Waals surface area (Å²) in [4.78, 5) is 9.46. The lowest BCUT2D eigenvalue weighted by atomic mass is 9.94. The average Bonchev–Trinajstić information content (AvgIpc) is 2.48. The van der Waals surface area contributed by atoms with Gasteiger partial charge in [0.2, 0.25) is 0 Å². The van der Waals surface area contributed by atoms with Crippen LogP contribution < -0.4 is 5.32 Å².